The number of benzene rings is 2. The van der Waals surface area contributed by atoms with Crippen LogP contribution in [-0.2, 0) is 5.75 Å². The Morgan fingerprint density at radius 2 is 2.00 bits per heavy atom. The number of aliphatic hydroxyl groups is 1. The summed E-state index contributed by atoms with van der Waals surface area (Å²) in [6, 6.07) is 12.7. The van der Waals surface area contributed by atoms with Crippen molar-refractivity contribution in [1.82, 2.24) is 0 Å². The lowest BCUT2D eigenvalue weighted by atomic mass is 9.92. The van der Waals surface area contributed by atoms with Crippen LogP contribution in [0.2, 0.25) is 0 Å². The Bertz CT molecular complexity index is 550. The van der Waals surface area contributed by atoms with E-state index in [1.54, 1.807) is 0 Å². The highest BCUT2D eigenvalue weighted by Crippen LogP contribution is 2.37. The fourth-order valence-corrected chi connectivity index (χ4v) is 3.73. The fourth-order valence-electron chi connectivity index (χ4n) is 2.54. The zero-order valence-electron chi connectivity index (χ0n) is 9.89. The van der Waals surface area contributed by atoms with E-state index in [0.717, 1.165) is 17.1 Å². The minimum absolute atomic E-state index is 0.315. The Morgan fingerprint density at radius 3 is 2.88 bits per heavy atom. The van der Waals surface area contributed by atoms with Crippen LogP contribution in [0.25, 0.3) is 10.8 Å². The predicted octanol–water partition coefficient (Wildman–Crippen LogP) is 3.76. The number of hydrogen-bond acceptors (Lipinski definition) is 2. The van der Waals surface area contributed by atoms with Crippen molar-refractivity contribution in [2.45, 2.75) is 18.8 Å². The van der Waals surface area contributed by atoms with Crippen LogP contribution in [0.1, 0.15) is 24.2 Å². The molecular formula is C15H16OS. The number of hydrogen-bond donors (Lipinski definition) is 1. The minimum atomic E-state index is -0.315. The van der Waals surface area contributed by atoms with Crippen molar-refractivity contribution in [3.8, 4) is 0 Å². The van der Waals surface area contributed by atoms with Gasteiger partial charge in [-0.1, -0.05) is 43.3 Å². The maximum absolute atomic E-state index is 10.4. The summed E-state index contributed by atoms with van der Waals surface area (Å²) in [4.78, 5) is 0. The molecule has 0 saturated carbocycles. The van der Waals surface area contributed by atoms with Gasteiger partial charge in [0.05, 0.1) is 6.10 Å². The Balaban J connectivity index is 2.25. The van der Waals surface area contributed by atoms with Crippen LogP contribution in [0.5, 0.6) is 0 Å². The van der Waals surface area contributed by atoms with E-state index in [1.165, 1.54) is 16.3 Å². The third-order valence-electron chi connectivity index (χ3n) is 3.56. The van der Waals surface area contributed by atoms with Crippen molar-refractivity contribution < 1.29 is 5.11 Å². The van der Waals surface area contributed by atoms with E-state index in [0.29, 0.717) is 5.92 Å². The molecule has 1 nitrogen and oxygen atoms in total. The third kappa shape index (κ3) is 1.85. The van der Waals surface area contributed by atoms with Crippen LogP contribution in [0.3, 0.4) is 0 Å². The van der Waals surface area contributed by atoms with Crippen LogP contribution in [0, 0.1) is 5.92 Å². The van der Waals surface area contributed by atoms with Crippen molar-refractivity contribution in [2.75, 3.05) is 5.75 Å². The Labute approximate surface area is 106 Å². The molecule has 17 heavy (non-hydrogen) atoms. The van der Waals surface area contributed by atoms with Crippen molar-refractivity contribution >= 4 is 22.5 Å². The fraction of sp³-hybridized carbons (Fsp3) is 0.333. The summed E-state index contributed by atoms with van der Waals surface area (Å²) in [5.74, 6) is 2.38. The van der Waals surface area contributed by atoms with E-state index in [9.17, 15) is 5.11 Å². The molecule has 1 aliphatic heterocycles. The standard InChI is InChI=1S/C15H16OS/c1-10-8-17-9-14-12-5-3-2-4-11(12)6-7-13(14)15(10)16/h2-7,10,15-16H,8-9H2,1H3. The first-order chi connectivity index (χ1) is 8.27. The molecule has 0 saturated heterocycles. The Hall–Kier alpha value is -0.990. The summed E-state index contributed by atoms with van der Waals surface area (Å²) < 4.78 is 0. The lowest BCUT2D eigenvalue weighted by Crippen LogP contribution is -2.10. The summed E-state index contributed by atoms with van der Waals surface area (Å²) in [7, 11) is 0. The SMILES string of the molecule is CC1CSCc2c(ccc3ccccc23)C1O. The molecule has 1 N–H and O–H groups in total. The second-order valence-corrected chi connectivity index (χ2v) is 5.82. The van der Waals surface area contributed by atoms with Gasteiger partial charge in [-0.2, -0.15) is 11.8 Å². The van der Waals surface area contributed by atoms with Gasteiger partial charge < -0.3 is 5.11 Å². The summed E-state index contributed by atoms with van der Waals surface area (Å²) in [6.07, 6.45) is -0.315. The number of rotatable bonds is 0. The minimum Gasteiger partial charge on any atom is -0.388 e. The van der Waals surface area contributed by atoms with Crippen molar-refractivity contribution in [2.24, 2.45) is 5.92 Å². The largest absolute Gasteiger partial charge is 0.388 e. The molecule has 0 amide bonds. The summed E-state index contributed by atoms with van der Waals surface area (Å²) in [5.41, 5.74) is 2.45. The van der Waals surface area contributed by atoms with Gasteiger partial charge in [-0.3, -0.25) is 0 Å². The lowest BCUT2D eigenvalue weighted by Gasteiger charge is -2.18. The normalized spacial score (nSPS) is 24.4. The molecule has 0 bridgehead atoms. The van der Waals surface area contributed by atoms with Crippen LogP contribution in [-0.4, -0.2) is 10.9 Å². The molecule has 0 aliphatic carbocycles. The molecule has 2 atom stereocenters. The topological polar surface area (TPSA) is 20.2 Å². The van der Waals surface area contributed by atoms with Crippen LogP contribution in [0.4, 0.5) is 0 Å². The van der Waals surface area contributed by atoms with Crippen molar-refractivity contribution in [3.63, 3.8) is 0 Å². The highest BCUT2D eigenvalue weighted by atomic mass is 32.2. The summed E-state index contributed by atoms with van der Waals surface area (Å²) in [6.45, 7) is 2.13. The molecule has 0 aromatic heterocycles. The zero-order chi connectivity index (χ0) is 11.8. The van der Waals surface area contributed by atoms with Gasteiger partial charge in [0.1, 0.15) is 0 Å². The predicted molar refractivity (Wildman–Crippen MR) is 74.2 cm³/mol. The molecule has 3 rings (SSSR count). The number of fused-ring (bicyclic) bond motifs is 3. The van der Waals surface area contributed by atoms with Gasteiger partial charge in [-0.15, -0.1) is 0 Å². The second kappa shape index (κ2) is 4.35. The zero-order valence-corrected chi connectivity index (χ0v) is 10.7. The molecule has 0 fully saturated rings. The average Bonchev–Trinajstić information content (AvgIpc) is 2.51. The van der Waals surface area contributed by atoms with Crippen molar-refractivity contribution in [3.05, 3.63) is 47.5 Å². The molecule has 2 heteroatoms. The van der Waals surface area contributed by atoms with Gasteiger partial charge in [0.15, 0.2) is 0 Å². The molecule has 88 valence electrons. The third-order valence-corrected chi connectivity index (χ3v) is 4.82. The maximum atomic E-state index is 10.4. The molecule has 2 aromatic carbocycles. The quantitative estimate of drug-likeness (QED) is 0.761. The van der Waals surface area contributed by atoms with Gasteiger partial charge in [0.2, 0.25) is 0 Å². The van der Waals surface area contributed by atoms with Crippen LogP contribution in [0.15, 0.2) is 36.4 Å². The van der Waals surface area contributed by atoms with E-state index in [1.807, 2.05) is 11.8 Å². The van der Waals surface area contributed by atoms with Gasteiger partial charge in [0.25, 0.3) is 0 Å². The lowest BCUT2D eigenvalue weighted by molar-refractivity contribution is 0.129. The Morgan fingerprint density at radius 1 is 1.18 bits per heavy atom. The first kappa shape index (κ1) is 11.1. The number of aliphatic hydroxyl groups excluding tert-OH is 1. The van der Waals surface area contributed by atoms with E-state index < -0.39 is 0 Å². The molecule has 1 heterocycles. The van der Waals surface area contributed by atoms with Gasteiger partial charge in [-0.05, 0) is 33.6 Å². The molecule has 1 aliphatic rings. The second-order valence-electron chi connectivity index (χ2n) is 4.79. The molecule has 2 unspecified atom stereocenters. The Kier molecular flexibility index (Phi) is 2.85. The van der Waals surface area contributed by atoms with E-state index in [-0.39, 0.29) is 6.10 Å². The van der Waals surface area contributed by atoms with Gasteiger partial charge >= 0.3 is 0 Å². The highest BCUT2D eigenvalue weighted by molar-refractivity contribution is 7.98. The van der Waals surface area contributed by atoms with Crippen molar-refractivity contribution in [1.29, 1.82) is 0 Å². The van der Waals surface area contributed by atoms with E-state index >= 15 is 0 Å². The number of thioether (sulfide) groups is 1. The molecular weight excluding hydrogens is 228 g/mol. The van der Waals surface area contributed by atoms with E-state index in [4.69, 9.17) is 0 Å². The van der Waals surface area contributed by atoms with Gasteiger partial charge in [0, 0.05) is 5.75 Å². The maximum Gasteiger partial charge on any atom is 0.0826 e. The summed E-state index contributed by atoms with van der Waals surface area (Å²) in [5, 5.41) is 12.9. The monoisotopic (exact) mass is 244 g/mol. The smallest absolute Gasteiger partial charge is 0.0826 e. The molecule has 2 aromatic rings. The van der Waals surface area contributed by atoms with Gasteiger partial charge in [-0.25, -0.2) is 0 Å². The molecule has 0 radical (unpaired) electrons. The van der Waals surface area contributed by atoms with E-state index in [2.05, 4.69) is 43.3 Å². The summed E-state index contributed by atoms with van der Waals surface area (Å²) >= 11 is 1.93. The average molecular weight is 244 g/mol. The molecule has 0 spiro atoms. The van der Waals surface area contributed by atoms with Crippen LogP contribution < -0.4 is 0 Å². The first-order valence-electron chi connectivity index (χ1n) is 6.03. The highest BCUT2D eigenvalue weighted by Gasteiger charge is 2.23. The first-order valence-corrected chi connectivity index (χ1v) is 7.19. The van der Waals surface area contributed by atoms with Crippen LogP contribution >= 0.6 is 11.8 Å².